The Morgan fingerprint density at radius 2 is 1.30 bits per heavy atom. The van der Waals surface area contributed by atoms with Gasteiger partial charge in [0.15, 0.2) is 0 Å². The molecule has 0 aromatic heterocycles. The maximum absolute atomic E-state index is 4.61. The summed E-state index contributed by atoms with van der Waals surface area (Å²) in [5, 5.41) is 0. The van der Waals surface area contributed by atoms with Crippen molar-refractivity contribution in [2.45, 2.75) is 110 Å². The molecule has 136 valence electrons. The monoisotopic (exact) mass is 337 g/mol. The molecule has 0 rings (SSSR count). The second-order valence-electron chi connectivity index (χ2n) is 7.08. The highest BCUT2D eigenvalue weighted by molar-refractivity contribution is 6.84. The van der Waals surface area contributed by atoms with Crippen LogP contribution >= 0.6 is 0 Å². The summed E-state index contributed by atoms with van der Waals surface area (Å²) in [6.45, 7) is 12.1. The molecule has 0 atom stereocenters. The third-order valence-electron chi connectivity index (χ3n) is 5.38. The van der Waals surface area contributed by atoms with Gasteiger partial charge in [0.05, 0.1) is 8.07 Å². The van der Waals surface area contributed by atoms with E-state index in [1.807, 2.05) is 0 Å². The minimum absolute atomic E-state index is 1.04. The molecule has 0 saturated carbocycles. The molecule has 0 spiro atoms. The Morgan fingerprint density at radius 1 is 0.783 bits per heavy atom. The zero-order valence-electron chi connectivity index (χ0n) is 16.4. The summed E-state index contributed by atoms with van der Waals surface area (Å²) in [7, 11) is -1.15. The van der Waals surface area contributed by atoms with Crippen LogP contribution in [0.4, 0.5) is 0 Å². The third-order valence-corrected chi connectivity index (χ3v) is 10.3. The van der Waals surface area contributed by atoms with Gasteiger partial charge in [0.1, 0.15) is 0 Å². The van der Waals surface area contributed by atoms with Gasteiger partial charge in [0.2, 0.25) is 0 Å². The molecule has 0 fully saturated rings. The van der Waals surface area contributed by atoms with Crippen molar-refractivity contribution in [3.05, 3.63) is 12.3 Å². The summed E-state index contributed by atoms with van der Waals surface area (Å²) in [6, 6.07) is 4.00. The molecule has 0 unspecified atom stereocenters. The van der Waals surface area contributed by atoms with Gasteiger partial charge in [-0.25, -0.2) is 0 Å². The number of aliphatic imine (C=N–C) groups is 1. The second-order valence-corrected chi connectivity index (χ2v) is 12.1. The van der Waals surface area contributed by atoms with Crippen LogP contribution in [-0.4, -0.2) is 20.8 Å². The van der Waals surface area contributed by atoms with Crippen molar-refractivity contribution >= 4 is 14.3 Å². The Labute approximate surface area is 148 Å². The van der Waals surface area contributed by atoms with Crippen LogP contribution in [0.3, 0.4) is 0 Å². The Hall–Kier alpha value is -0.373. The lowest BCUT2D eigenvalue weighted by Gasteiger charge is -2.24. The molecule has 0 amide bonds. The maximum Gasteiger partial charge on any atom is 0.0768 e. The minimum atomic E-state index is -1.15. The number of unbranched alkanes of at least 4 members (excludes halogenated alkanes) is 9. The van der Waals surface area contributed by atoms with Crippen LogP contribution in [0.5, 0.6) is 0 Å². The molecule has 0 aliphatic carbocycles. The molecule has 0 aliphatic rings. The van der Waals surface area contributed by atoms with Crippen molar-refractivity contribution in [3.63, 3.8) is 0 Å². The molecular formula is C21H43NSi. The molecule has 0 heterocycles. The van der Waals surface area contributed by atoms with Gasteiger partial charge >= 0.3 is 0 Å². The van der Waals surface area contributed by atoms with E-state index in [2.05, 4.69) is 44.3 Å². The Morgan fingerprint density at radius 3 is 1.78 bits per heavy atom. The predicted octanol–water partition coefficient (Wildman–Crippen LogP) is 7.58. The van der Waals surface area contributed by atoms with E-state index in [0.29, 0.717) is 0 Å². The number of hydrogen-bond acceptors (Lipinski definition) is 1. The number of nitrogens with zero attached hydrogens (tertiary/aromatic N) is 1. The lowest BCUT2D eigenvalue weighted by molar-refractivity contribution is 0.558. The van der Waals surface area contributed by atoms with Gasteiger partial charge in [-0.15, -0.1) is 12.3 Å². The SMILES string of the molecule is C=C[Si](CC)(CC)CCC=NCCCCCCCCCCCC. The fourth-order valence-corrected chi connectivity index (χ4v) is 5.91. The normalized spacial score (nSPS) is 12.1. The van der Waals surface area contributed by atoms with E-state index in [1.54, 1.807) is 0 Å². The molecule has 0 bridgehead atoms. The Bertz CT molecular complexity index is 282. The molecule has 0 N–H and O–H groups in total. The predicted molar refractivity (Wildman–Crippen MR) is 112 cm³/mol. The second kappa shape index (κ2) is 16.5. The lowest BCUT2D eigenvalue weighted by atomic mass is 10.1. The van der Waals surface area contributed by atoms with Gasteiger partial charge in [-0.2, -0.15) is 0 Å². The quantitative estimate of drug-likeness (QED) is 0.147. The largest absolute Gasteiger partial charge is 0.298 e. The van der Waals surface area contributed by atoms with Crippen molar-refractivity contribution < 1.29 is 0 Å². The van der Waals surface area contributed by atoms with E-state index in [0.717, 1.165) is 13.0 Å². The zero-order chi connectivity index (χ0) is 17.2. The molecule has 0 radical (unpaired) electrons. The zero-order valence-corrected chi connectivity index (χ0v) is 17.4. The van der Waals surface area contributed by atoms with Crippen molar-refractivity contribution in [1.82, 2.24) is 0 Å². The Kier molecular flexibility index (Phi) is 16.2. The highest BCUT2D eigenvalue weighted by Gasteiger charge is 2.23. The van der Waals surface area contributed by atoms with Crippen LogP contribution in [0.2, 0.25) is 18.1 Å². The van der Waals surface area contributed by atoms with Gasteiger partial charge in [0.25, 0.3) is 0 Å². The third kappa shape index (κ3) is 12.7. The van der Waals surface area contributed by atoms with E-state index in [-0.39, 0.29) is 0 Å². The van der Waals surface area contributed by atoms with Gasteiger partial charge in [-0.1, -0.05) is 90.6 Å². The van der Waals surface area contributed by atoms with Crippen molar-refractivity contribution in [3.8, 4) is 0 Å². The molecule has 0 saturated heterocycles. The first-order chi connectivity index (χ1) is 11.2. The highest BCUT2D eigenvalue weighted by atomic mass is 28.3. The van der Waals surface area contributed by atoms with Gasteiger partial charge in [-0.05, 0) is 25.1 Å². The van der Waals surface area contributed by atoms with E-state index in [9.17, 15) is 0 Å². The Balaban J connectivity index is 3.39. The van der Waals surface area contributed by atoms with Crippen molar-refractivity contribution in [2.24, 2.45) is 4.99 Å². The summed E-state index contributed by atoms with van der Waals surface area (Å²) >= 11 is 0. The summed E-state index contributed by atoms with van der Waals surface area (Å²) in [4.78, 5) is 4.61. The fourth-order valence-electron chi connectivity index (χ4n) is 3.22. The highest BCUT2D eigenvalue weighted by Crippen LogP contribution is 2.22. The number of hydrogen-bond donors (Lipinski definition) is 0. The van der Waals surface area contributed by atoms with Crippen LogP contribution in [0.25, 0.3) is 0 Å². The van der Waals surface area contributed by atoms with Gasteiger partial charge < -0.3 is 0 Å². The topological polar surface area (TPSA) is 12.4 Å². The summed E-state index contributed by atoms with van der Waals surface area (Å²) in [6.07, 6.45) is 17.4. The van der Waals surface area contributed by atoms with E-state index < -0.39 is 8.07 Å². The van der Waals surface area contributed by atoms with Crippen LogP contribution in [-0.2, 0) is 0 Å². The maximum atomic E-state index is 4.61. The van der Waals surface area contributed by atoms with E-state index in [1.165, 1.54) is 82.3 Å². The van der Waals surface area contributed by atoms with Crippen molar-refractivity contribution in [2.75, 3.05) is 6.54 Å². The first kappa shape index (κ1) is 22.6. The van der Waals surface area contributed by atoms with Gasteiger partial charge in [-0.3, -0.25) is 4.99 Å². The number of rotatable bonds is 17. The first-order valence-corrected chi connectivity index (χ1v) is 13.1. The van der Waals surface area contributed by atoms with Crippen LogP contribution < -0.4 is 0 Å². The molecular weight excluding hydrogens is 294 g/mol. The van der Waals surface area contributed by atoms with Crippen LogP contribution in [0.1, 0.15) is 91.4 Å². The molecule has 2 heteroatoms. The molecule has 0 aromatic rings. The van der Waals surface area contributed by atoms with Crippen molar-refractivity contribution in [1.29, 1.82) is 0 Å². The van der Waals surface area contributed by atoms with E-state index in [4.69, 9.17) is 0 Å². The summed E-state index contributed by atoms with van der Waals surface area (Å²) in [5.74, 6) is 0. The molecule has 23 heavy (non-hydrogen) atoms. The fraction of sp³-hybridized carbons (Fsp3) is 0.857. The summed E-state index contributed by atoms with van der Waals surface area (Å²) < 4.78 is 0. The average molecular weight is 338 g/mol. The smallest absolute Gasteiger partial charge is 0.0768 e. The first-order valence-electron chi connectivity index (χ1n) is 10.4. The van der Waals surface area contributed by atoms with Gasteiger partial charge in [0, 0.05) is 6.54 Å². The molecule has 0 aliphatic heterocycles. The summed E-state index contributed by atoms with van der Waals surface area (Å²) in [5.41, 5.74) is 2.29. The standard InChI is InChI=1S/C21H43NSi/c1-5-9-10-11-12-13-14-15-16-17-19-22-20-18-21-23(6-2,7-3)8-4/h6,20H,2,5,7-19,21H2,1,3-4H3. The van der Waals surface area contributed by atoms with Crippen LogP contribution in [0.15, 0.2) is 17.3 Å². The van der Waals surface area contributed by atoms with Crippen LogP contribution in [0, 0.1) is 0 Å². The minimum Gasteiger partial charge on any atom is -0.298 e. The average Bonchev–Trinajstić information content (AvgIpc) is 2.59. The molecule has 0 aromatic carbocycles. The molecule has 1 nitrogen and oxygen atoms in total. The lowest BCUT2D eigenvalue weighted by Crippen LogP contribution is -2.29. The van der Waals surface area contributed by atoms with E-state index >= 15 is 0 Å².